The lowest BCUT2D eigenvalue weighted by Crippen LogP contribution is -2.12. The molecule has 0 radical (unpaired) electrons. The Labute approximate surface area is 186 Å². The Balaban J connectivity index is 1.54. The van der Waals surface area contributed by atoms with Crippen molar-refractivity contribution in [3.63, 3.8) is 0 Å². The molecule has 6 nitrogen and oxygen atoms in total. The fourth-order valence-corrected chi connectivity index (χ4v) is 4.60. The molecule has 30 heavy (non-hydrogen) atoms. The average Bonchev–Trinajstić information content (AvgIpc) is 3.43. The van der Waals surface area contributed by atoms with Crippen molar-refractivity contribution in [2.24, 2.45) is 0 Å². The lowest BCUT2D eigenvalue weighted by atomic mass is 10.2. The highest BCUT2D eigenvalue weighted by Crippen LogP contribution is 2.39. The van der Waals surface area contributed by atoms with Crippen LogP contribution in [0.15, 0.2) is 53.2 Å². The summed E-state index contributed by atoms with van der Waals surface area (Å²) in [6.45, 7) is 0. The van der Waals surface area contributed by atoms with Crippen molar-refractivity contribution in [3.8, 4) is 33.3 Å². The highest BCUT2D eigenvalue weighted by atomic mass is 35.5. The van der Waals surface area contributed by atoms with Gasteiger partial charge in [-0.1, -0.05) is 35.9 Å². The van der Waals surface area contributed by atoms with Gasteiger partial charge in [0, 0.05) is 21.3 Å². The summed E-state index contributed by atoms with van der Waals surface area (Å²) >= 11 is 8.91. The normalized spacial score (nSPS) is 10.6. The number of benzene rings is 2. The first-order valence-electron chi connectivity index (χ1n) is 8.79. The number of methoxy groups -OCH3 is 2. The van der Waals surface area contributed by atoms with E-state index in [0.717, 1.165) is 11.1 Å². The largest absolute Gasteiger partial charge is 0.493 e. The standard InChI is InChI=1S/C21H16ClN3O3S2/c1-27-17-9-5-7-13(18(17)28-2)20-23-16(11-29-20)19(26)25-21-24-15(10-30-21)12-6-3-4-8-14(12)22/h3-11H,1-2H3,(H,24,25,26). The van der Waals surface area contributed by atoms with Crippen LogP contribution >= 0.6 is 34.3 Å². The zero-order chi connectivity index (χ0) is 21.1. The molecule has 2 heterocycles. The van der Waals surface area contributed by atoms with Gasteiger partial charge in [0.2, 0.25) is 0 Å². The van der Waals surface area contributed by atoms with E-state index < -0.39 is 0 Å². The summed E-state index contributed by atoms with van der Waals surface area (Å²) in [6.07, 6.45) is 0. The molecular formula is C21H16ClN3O3S2. The van der Waals surface area contributed by atoms with Crippen molar-refractivity contribution in [2.45, 2.75) is 0 Å². The Hall–Kier alpha value is -2.94. The molecule has 4 rings (SSSR count). The number of anilines is 1. The van der Waals surface area contributed by atoms with Gasteiger partial charge in [-0.25, -0.2) is 9.97 Å². The first kappa shape index (κ1) is 20.3. The maximum atomic E-state index is 12.7. The number of rotatable bonds is 6. The van der Waals surface area contributed by atoms with E-state index in [4.69, 9.17) is 21.1 Å². The highest BCUT2D eigenvalue weighted by Gasteiger charge is 2.18. The second-order valence-electron chi connectivity index (χ2n) is 6.05. The topological polar surface area (TPSA) is 73.3 Å². The summed E-state index contributed by atoms with van der Waals surface area (Å²) in [5, 5.41) is 8.09. The molecule has 4 aromatic rings. The van der Waals surface area contributed by atoms with Crippen molar-refractivity contribution in [1.29, 1.82) is 0 Å². The summed E-state index contributed by atoms with van der Waals surface area (Å²) in [5.41, 5.74) is 2.59. The number of hydrogen-bond donors (Lipinski definition) is 1. The summed E-state index contributed by atoms with van der Waals surface area (Å²) in [5.74, 6) is 0.844. The molecule has 0 atom stereocenters. The van der Waals surface area contributed by atoms with Crippen molar-refractivity contribution in [2.75, 3.05) is 19.5 Å². The van der Waals surface area contributed by atoms with Crippen LogP contribution in [-0.2, 0) is 0 Å². The molecule has 0 bridgehead atoms. The number of carbonyl (C=O) groups excluding carboxylic acids is 1. The molecule has 2 aromatic heterocycles. The molecule has 0 aliphatic heterocycles. The molecule has 1 N–H and O–H groups in total. The Bertz CT molecular complexity index is 1210. The Morgan fingerprint density at radius 3 is 2.53 bits per heavy atom. The number of para-hydroxylation sites is 1. The molecular weight excluding hydrogens is 442 g/mol. The zero-order valence-electron chi connectivity index (χ0n) is 16.0. The number of nitrogens with zero attached hydrogens (tertiary/aromatic N) is 2. The smallest absolute Gasteiger partial charge is 0.276 e. The average molecular weight is 458 g/mol. The quantitative estimate of drug-likeness (QED) is 0.392. The SMILES string of the molecule is COc1cccc(-c2nc(C(=O)Nc3nc(-c4ccccc4Cl)cs3)cs2)c1OC. The lowest BCUT2D eigenvalue weighted by Gasteiger charge is -2.10. The molecule has 2 aromatic carbocycles. The number of aromatic nitrogens is 2. The molecule has 1 amide bonds. The number of thiazole rings is 2. The number of amides is 1. The van der Waals surface area contributed by atoms with Gasteiger partial charge >= 0.3 is 0 Å². The number of ether oxygens (including phenoxy) is 2. The monoisotopic (exact) mass is 457 g/mol. The third-order valence-corrected chi connectivity index (χ3v) is 6.21. The van der Waals surface area contributed by atoms with Crippen LogP contribution < -0.4 is 14.8 Å². The minimum atomic E-state index is -0.334. The van der Waals surface area contributed by atoms with Gasteiger partial charge in [-0.3, -0.25) is 10.1 Å². The van der Waals surface area contributed by atoms with Crippen molar-refractivity contribution in [1.82, 2.24) is 9.97 Å². The predicted octanol–water partition coefficient (Wildman–Crippen LogP) is 5.86. The molecule has 0 unspecified atom stereocenters. The maximum Gasteiger partial charge on any atom is 0.276 e. The van der Waals surface area contributed by atoms with Gasteiger partial charge in [-0.2, -0.15) is 0 Å². The van der Waals surface area contributed by atoms with E-state index in [9.17, 15) is 4.79 Å². The molecule has 152 valence electrons. The van der Waals surface area contributed by atoms with E-state index in [1.807, 2.05) is 41.8 Å². The maximum absolute atomic E-state index is 12.7. The van der Waals surface area contributed by atoms with Gasteiger partial charge < -0.3 is 9.47 Å². The zero-order valence-corrected chi connectivity index (χ0v) is 18.4. The minimum absolute atomic E-state index is 0.300. The molecule has 0 aliphatic carbocycles. The van der Waals surface area contributed by atoms with Gasteiger partial charge in [0.25, 0.3) is 5.91 Å². The number of hydrogen-bond acceptors (Lipinski definition) is 7. The minimum Gasteiger partial charge on any atom is -0.493 e. The third kappa shape index (κ3) is 4.02. The van der Waals surface area contributed by atoms with Crippen LogP contribution in [0.1, 0.15) is 10.5 Å². The van der Waals surface area contributed by atoms with Crippen LogP contribution in [0, 0.1) is 0 Å². The van der Waals surface area contributed by atoms with Crippen LogP contribution in [0.25, 0.3) is 21.8 Å². The third-order valence-electron chi connectivity index (χ3n) is 4.24. The predicted molar refractivity (Wildman–Crippen MR) is 121 cm³/mol. The van der Waals surface area contributed by atoms with E-state index in [0.29, 0.717) is 38.0 Å². The van der Waals surface area contributed by atoms with Crippen LogP contribution in [0.5, 0.6) is 11.5 Å². The van der Waals surface area contributed by atoms with Crippen molar-refractivity contribution in [3.05, 3.63) is 63.9 Å². The molecule has 0 saturated heterocycles. The van der Waals surface area contributed by atoms with Crippen molar-refractivity contribution >= 4 is 45.3 Å². The first-order chi connectivity index (χ1) is 14.6. The second-order valence-corrected chi connectivity index (χ2v) is 8.17. The van der Waals surface area contributed by atoms with Crippen LogP contribution in [0.3, 0.4) is 0 Å². The summed E-state index contributed by atoms with van der Waals surface area (Å²) in [4.78, 5) is 21.6. The molecule has 0 spiro atoms. The Morgan fingerprint density at radius 2 is 1.77 bits per heavy atom. The fourth-order valence-electron chi connectivity index (χ4n) is 2.84. The summed E-state index contributed by atoms with van der Waals surface area (Å²) < 4.78 is 10.8. The molecule has 9 heteroatoms. The number of nitrogens with one attached hydrogen (secondary N) is 1. The van der Waals surface area contributed by atoms with Gasteiger partial charge in [0.1, 0.15) is 10.7 Å². The molecule has 0 saturated carbocycles. The Kier molecular flexibility index (Phi) is 5.98. The Morgan fingerprint density at radius 1 is 0.967 bits per heavy atom. The van der Waals surface area contributed by atoms with Gasteiger partial charge in [-0.15, -0.1) is 22.7 Å². The van der Waals surface area contributed by atoms with E-state index in [2.05, 4.69) is 15.3 Å². The summed E-state index contributed by atoms with van der Waals surface area (Å²) in [6, 6.07) is 13.0. The van der Waals surface area contributed by atoms with Crippen LogP contribution in [-0.4, -0.2) is 30.1 Å². The first-order valence-corrected chi connectivity index (χ1v) is 10.9. The highest BCUT2D eigenvalue weighted by molar-refractivity contribution is 7.14. The van der Waals surface area contributed by atoms with Gasteiger partial charge in [0.15, 0.2) is 16.6 Å². The van der Waals surface area contributed by atoms with Gasteiger partial charge in [-0.05, 0) is 18.2 Å². The number of halogens is 1. The van der Waals surface area contributed by atoms with Crippen LogP contribution in [0.2, 0.25) is 5.02 Å². The van der Waals surface area contributed by atoms with Crippen LogP contribution in [0.4, 0.5) is 5.13 Å². The lowest BCUT2D eigenvalue weighted by molar-refractivity contribution is 0.102. The summed E-state index contributed by atoms with van der Waals surface area (Å²) in [7, 11) is 3.15. The van der Waals surface area contributed by atoms with E-state index in [1.54, 1.807) is 25.7 Å². The fraction of sp³-hybridized carbons (Fsp3) is 0.0952. The van der Waals surface area contributed by atoms with E-state index >= 15 is 0 Å². The van der Waals surface area contributed by atoms with E-state index in [-0.39, 0.29) is 5.91 Å². The van der Waals surface area contributed by atoms with E-state index in [1.165, 1.54) is 22.7 Å². The number of carbonyl (C=O) groups is 1. The molecule has 0 aliphatic rings. The molecule has 0 fully saturated rings. The van der Waals surface area contributed by atoms with Gasteiger partial charge in [0.05, 0.1) is 25.5 Å². The second kappa shape index (κ2) is 8.83. The van der Waals surface area contributed by atoms with Crippen molar-refractivity contribution < 1.29 is 14.3 Å².